The van der Waals surface area contributed by atoms with Gasteiger partial charge in [-0.15, -0.1) is 0 Å². The number of hydrogen-bond donors (Lipinski definition) is 0. The Kier molecular flexibility index (Phi) is 3.79. The number of hydrogen-bond acceptors (Lipinski definition) is 4. The average molecular weight is 344 g/mol. The quantitative estimate of drug-likeness (QED) is 0.681. The Bertz CT molecular complexity index is 900. The van der Waals surface area contributed by atoms with Gasteiger partial charge in [-0.2, -0.15) is 0 Å². The Morgan fingerprint density at radius 2 is 2.21 bits per heavy atom. The summed E-state index contributed by atoms with van der Waals surface area (Å²) in [6.07, 6.45) is 4.56. The maximum absolute atomic E-state index is 6.06. The third-order valence-electron chi connectivity index (χ3n) is 4.59. The molecule has 4 rings (SSSR count). The van der Waals surface area contributed by atoms with Crippen molar-refractivity contribution in [3.63, 3.8) is 0 Å². The first kappa shape index (κ1) is 15.6. The van der Waals surface area contributed by atoms with Gasteiger partial charge in [0.15, 0.2) is 0 Å². The van der Waals surface area contributed by atoms with Crippen LogP contribution >= 0.6 is 11.6 Å². The van der Waals surface area contributed by atoms with Gasteiger partial charge in [0, 0.05) is 44.0 Å². The van der Waals surface area contributed by atoms with E-state index in [0.29, 0.717) is 18.4 Å². The largest absolute Gasteiger partial charge is 0.378 e. The topological polar surface area (TPSA) is 49.2 Å². The molecule has 1 saturated heterocycles. The lowest BCUT2D eigenvalue weighted by atomic mass is 9.97. The summed E-state index contributed by atoms with van der Waals surface area (Å²) in [4.78, 5) is 9.01. The van der Waals surface area contributed by atoms with Gasteiger partial charge in [0.2, 0.25) is 0 Å². The Balaban J connectivity index is 1.88. The van der Waals surface area contributed by atoms with E-state index in [9.17, 15) is 0 Å². The third kappa shape index (κ3) is 2.49. The second-order valence-electron chi connectivity index (χ2n) is 6.14. The number of pyridine rings is 2. The fourth-order valence-electron chi connectivity index (χ4n) is 3.22. The number of halogens is 1. The van der Waals surface area contributed by atoms with Gasteiger partial charge in [-0.3, -0.25) is 0 Å². The Morgan fingerprint density at radius 3 is 2.96 bits per heavy atom. The molecule has 0 aliphatic carbocycles. The summed E-state index contributed by atoms with van der Waals surface area (Å²) in [5, 5.41) is 1.49. The molecule has 1 fully saturated rings. The Hall–Kier alpha value is -1.95. The minimum absolute atomic E-state index is 0.466. The van der Waals surface area contributed by atoms with Crippen LogP contribution in [0.5, 0.6) is 0 Å². The second kappa shape index (κ2) is 5.84. The zero-order chi connectivity index (χ0) is 16.7. The van der Waals surface area contributed by atoms with Gasteiger partial charge in [0.1, 0.15) is 16.6 Å². The maximum Gasteiger partial charge on any atom is 0.137 e. The molecule has 24 heavy (non-hydrogen) atoms. The number of methoxy groups -OCH3 is 1. The lowest BCUT2D eigenvalue weighted by Gasteiger charge is -2.26. The van der Waals surface area contributed by atoms with Crippen molar-refractivity contribution >= 4 is 22.5 Å². The molecule has 0 N–H and O–H groups in total. The van der Waals surface area contributed by atoms with E-state index in [-0.39, 0.29) is 0 Å². The summed E-state index contributed by atoms with van der Waals surface area (Å²) in [6, 6.07) is 7.98. The normalized spacial score (nSPS) is 20.8. The molecule has 6 heteroatoms. The molecule has 4 heterocycles. The van der Waals surface area contributed by atoms with Gasteiger partial charge in [0.05, 0.1) is 17.8 Å². The second-order valence-corrected chi connectivity index (χ2v) is 6.53. The minimum atomic E-state index is -0.469. The Labute approximate surface area is 145 Å². The minimum Gasteiger partial charge on any atom is -0.378 e. The summed E-state index contributed by atoms with van der Waals surface area (Å²) in [7, 11) is 1.72. The molecule has 5 nitrogen and oxygen atoms in total. The van der Waals surface area contributed by atoms with Gasteiger partial charge in [-0.25, -0.2) is 9.97 Å². The number of aryl methyl sites for hydroxylation is 1. The number of nitrogens with zero attached hydrogens (tertiary/aromatic N) is 3. The summed E-state index contributed by atoms with van der Waals surface area (Å²) >= 11 is 6.06. The number of fused-ring (bicyclic) bond motifs is 1. The first-order valence-electron chi connectivity index (χ1n) is 7.86. The van der Waals surface area contributed by atoms with Crippen molar-refractivity contribution in [2.45, 2.75) is 18.9 Å². The van der Waals surface area contributed by atoms with E-state index in [0.717, 1.165) is 34.4 Å². The fraction of sp³-hybridized carbons (Fsp3) is 0.333. The first-order chi connectivity index (χ1) is 11.6. The standard InChI is InChI=1S/C18H18ClN3O2/c1-12-7-15(18(23-2)4-6-24-11-18)21-17(8-12)22-5-3-13-10-20-16(19)9-14(13)22/h3,5,7-10H,4,6,11H2,1-2H3/t18-/m0/s1. The highest BCUT2D eigenvalue weighted by Gasteiger charge is 2.38. The van der Waals surface area contributed by atoms with E-state index in [1.807, 2.05) is 22.9 Å². The zero-order valence-electron chi connectivity index (χ0n) is 13.6. The van der Waals surface area contributed by atoms with Crippen LogP contribution in [0.3, 0.4) is 0 Å². The molecule has 0 saturated carbocycles. The molecule has 1 aliphatic rings. The molecule has 0 radical (unpaired) electrons. The van der Waals surface area contributed by atoms with E-state index in [1.54, 1.807) is 13.3 Å². The van der Waals surface area contributed by atoms with Gasteiger partial charge in [0.25, 0.3) is 0 Å². The van der Waals surface area contributed by atoms with Crippen LogP contribution in [-0.2, 0) is 15.1 Å². The lowest BCUT2D eigenvalue weighted by Crippen LogP contribution is -2.30. The molecule has 0 spiro atoms. The summed E-state index contributed by atoms with van der Waals surface area (Å²) in [6.45, 7) is 3.28. The van der Waals surface area contributed by atoms with Crippen LogP contribution in [0.4, 0.5) is 0 Å². The van der Waals surface area contributed by atoms with Crippen molar-refractivity contribution in [3.8, 4) is 5.82 Å². The average Bonchev–Trinajstić information content (AvgIpc) is 3.21. The van der Waals surface area contributed by atoms with E-state index in [1.165, 1.54) is 0 Å². The Morgan fingerprint density at radius 1 is 1.33 bits per heavy atom. The molecule has 124 valence electrons. The lowest BCUT2D eigenvalue weighted by molar-refractivity contribution is -0.0246. The smallest absolute Gasteiger partial charge is 0.137 e. The van der Waals surface area contributed by atoms with Gasteiger partial charge >= 0.3 is 0 Å². The summed E-state index contributed by atoms with van der Waals surface area (Å²) in [5.41, 5.74) is 2.54. The fourth-order valence-corrected chi connectivity index (χ4v) is 3.37. The molecule has 1 aliphatic heterocycles. The number of aromatic nitrogens is 3. The highest BCUT2D eigenvalue weighted by Crippen LogP contribution is 2.34. The van der Waals surface area contributed by atoms with Crippen molar-refractivity contribution in [1.29, 1.82) is 0 Å². The van der Waals surface area contributed by atoms with Crippen molar-refractivity contribution < 1.29 is 9.47 Å². The van der Waals surface area contributed by atoms with Crippen LogP contribution in [-0.4, -0.2) is 34.9 Å². The highest BCUT2D eigenvalue weighted by atomic mass is 35.5. The molecule has 0 amide bonds. The summed E-state index contributed by atoms with van der Waals surface area (Å²) < 4.78 is 13.4. The van der Waals surface area contributed by atoms with Gasteiger partial charge < -0.3 is 14.0 Å². The van der Waals surface area contributed by atoms with Crippen molar-refractivity contribution in [3.05, 3.63) is 53.1 Å². The monoisotopic (exact) mass is 343 g/mol. The summed E-state index contributed by atoms with van der Waals surface area (Å²) in [5.74, 6) is 0.839. The van der Waals surface area contributed by atoms with Crippen LogP contribution in [0, 0.1) is 6.92 Å². The third-order valence-corrected chi connectivity index (χ3v) is 4.79. The van der Waals surface area contributed by atoms with E-state index in [2.05, 4.69) is 24.0 Å². The van der Waals surface area contributed by atoms with E-state index >= 15 is 0 Å². The van der Waals surface area contributed by atoms with E-state index in [4.69, 9.17) is 26.1 Å². The van der Waals surface area contributed by atoms with Crippen LogP contribution < -0.4 is 0 Å². The highest BCUT2D eigenvalue weighted by molar-refractivity contribution is 6.30. The van der Waals surface area contributed by atoms with Crippen molar-refractivity contribution in [2.24, 2.45) is 0 Å². The molecular formula is C18H18ClN3O2. The molecule has 0 aromatic carbocycles. The van der Waals surface area contributed by atoms with E-state index < -0.39 is 5.60 Å². The SMILES string of the molecule is CO[C@@]1(c2cc(C)cc(-n3ccc4cnc(Cl)cc43)n2)CCOC1. The molecule has 0 bridgehead atoms. The number of rotatable bonds is 3. The molecular weight excluding hydrogens is 326 g/mol. The predicted molar refractivity (Wildman–Crippen MR) is 92.7 cm³/mol. The van der Waals surface area contributed by atoms with Gasteiger partial charge in [-0.1, -0.05) is 11.6 Å². The molecule has 3 aromatic heterocycles. The first-order valence-corrected chi connectivity index (χ1v) is 8.24. The maximum atomic E-state index is 6.06. The van der Waals surface area contributed by atoms with Crippen LogP contribution in [0.25, 0.3) is 16.7 Å². The van der Waals surface area contributed by atoms with Crippen LogP contribution in [0.2, 0.25) is 5.15 Å². The van der Waals surface area contributed by atoms with Crippen LogP contribution in [0.15, 0.2) is 36.7 Å². The predicted octanol–water partition coefficient (Wildman–Crippen LogP) is 3.64. The van der Waals surface area contributed by atoms with Crippen LogP contribution in [0.1, 0.15) is 17.7 Å². The zero-order valence-corrected chi connectivity index (χ0v) is 14.4. The molecule has 1 atom stereocenters. The van der Waals surface area contributed by atoms with Crippen molar-refractivity contribution in [1.82, 2.24) is 14.5 Å². The van der Waals surface area contributed by atoms with Crippen molar-refractivity contribution in [2.75, 3.05) is 20.3 Å². The van der Waals surface area contributed by atoms with Gasteiger partial charge in [-0.05, 0) is 30.7 Å². The molecule has 3 aromatic rings. The molecule has 0 unspecified atom stereocenters. The number of ether oxygens (including phenoxy) is 2.